The topological polar surface area (TPSA) is 50.1 Å². The quantitative estimate of drug-likeness (QED) is 0.444. The van der Waals surface area contributed by atoms with Crippen LogP contribution in [0.4, 0.5) is 0 Å². The molecule has 0 unspecified atom stereocenters. The van der Waals surface area contributed by atoms with Crippen LogP contribution in [0.3, 0.4) is 0 Å². The Morgan fingerprint density at radius 3 is 2.55 bits per heavy atom. The van der Waals surface area contributed by atoms with Crippen LogP contribution in [0, 0.1) is 11.5 Å². The molecule has 0 saturated heterocycles. The lowest BCUT2D eigenvalue weighted by Crippen LogP contribution is -1.99. The first-order chi connectivity index (χ1) is 5.34. The molecule has 0 aliphatic rings. The van der Waals surface area contributed by atoms with Crippen molar-refractivity contribution >= 4 is 5.97 Å². The molecule has 0 aliphatic carbocycles. The van der Waals surface area contributed by atoms with Crippen molar-refractivity contribution in [3.05, 3.63) is 35.9 Å². The maximum absolute atomic E-state index is 10.8. The number of hydrogen-bond acceptors (Lipinski definition) is 3. The number of ether oxygens (including phenoxy) is 1. The van der Waals surface area contributed by atoms with Crippen LogP contribution in [0.1, 0.15) is 10.4 Å². The van der Waals surface area contributed by atoms with Crippen LogP contribution < -0.4 is 0 Å². The Morgan fingerprint density at radius 1 is 1.36 bits per heavy atom. The van der Waals surface area contributed by atoms with Crippen molar-refractivity contribution in [2.75, 3.05) is 0 Å². The molecule has 1 rings (SSSR count). The van der Waals surface area contributed by atoms with Crippen molar-refractivity contribution < 1.29 is 9.53 Å². The Kier molecular flexibility index (Phi) is 2.24. The first-order valence-electron chi connectivity index (χ1n) is 3.00. The smallest absolute Gasteiger partial charge is 0.347 e. The first-order valence-corrected chi connectivity index (χ1v) is 3.00. The minimum Gasteiger partial charge on any atom is -0.347 e. The van der Waals surface area contributed by atoms with E-state index in [-0.39, 0.29) is 0 Å². The van der Waals surface area contributed by atoms with Gasteiger partial charge in [-0.2, -0.15) is 0 Å². The van der Waals surface area contributed by atoms with E-state index in [0.29, 0.717) is 5.56 Å². The van der Waals surface area contributed by atoms with Crippen LogP contribution in [0.15, 0.2) is 30.3 Å². The molecule has 0 fully saturated rings. The fourth-order valence-electron chi connectivity index (χ4n) is 0.675. The molecule has 3 nitrogen and oxygen atoms in total. The highest BCUT2D eigenvalue weighted by Gasteiger charge is 2.03. The van der Waals surface area contributed by atoms with Gasteiger partial charge in [0.1, 0.15) is 0 Å². The highest BCUT2D eigenvalue weighted by atomic mass is 16.5. The van der Waals surface area contributed by atoms with Gasteiger partial charge < -0.3 is 4.74 Å². The van der Waals surface area contributed by atoms with E-state index in [1.807, 2.05) is 0 Å². The van der Waals surface area contributed by atoms with Crippen LogP contribution in [0.25, 0.3) is 0 Å². The molecule has 0 spiro atoms. The molecule has 11 heavy (non-hydrogen) atoms. The number of nitrogens with zero attached hydrogens (tertiary/aromatic N) is 1. The molecule has 0 heterocycles. The average Bonchev–Trinajstić information content (AvgIpc) is 2.07. The van der Waals surface area contributed by atoms with Crippen LogP contribution in [-0.2, 0) is 4.74 Å². The fraction of sp³-hybridized carbons (Fsp3) is 0. The summed E-state index contributed by atoms with van der Waals surface area (Å²) in [4.78, 5) is 10.8. The third-order valence-corrected chi connectivity index (χ3v) is 1.15. The maximum atomic E-state index is 10.8. The number of carbonyl (C=O) groups excluding carboxylic acids is 1. The van der Waals surface area contributed by atoms with Gasteiger partial charge in [-0.3, -0.25) is 0 Å². The lowest BCUT2D eigenvalue weighted by atomic mass is 10.2. The molecule has 3 heteroatoms. The van der Waals surface area contributed by atoms with Gasteiger partial charge in [-0.15, -0.1) is 5.26 Å². The summed E-state index contributed by atoms with van der Waals surface area (Å²) in [6, 6.07) is 8.35. The van der Waals surface area contributed by atoms with E-state index in [4.69, 9.17) is 5.26 Å². The minimum absolute atomic E-state index is 0.383. The van der Waals surface area contributed by atoms with Crippen LogP contribution in [-0.4, -0.2) is 5.97 Å². The molecule has 0 saturated carbocycles. The first kappa shape index (κ1) is 7.29. The van der Waals surface area contributed by atoms with E-state index in [2.05, 4.69) is 4.74 Å². The molecular weight excluding hydrogens is 142 g/mol. The zero-order valence-corrected chi connectivity index (χ0v) is 5.65. The van der Waals surface area contributed by atoms with Crippen molar-refractivity contribution in [3.8, 4) is 6.26 Å². The van der Waals surface area contributed by atoms with Crippen molar-refractivity contribution in [2.24, 2.45) is 0 Å². The highest BCUT2D eigenvalue weighted by molar-refractivity contribution is 5.89. The second-order valence-electron chi connectivity index (χ2n) is 1.85. The Morgan fingerprint density at radius 2 is 2.00 bits per heavy atom. The monoisotopic (exact) mass is 147 g/mol. The number of nitriles is 1. The van der Waals surface area contributed by atoms with Gasteiger partial charge in [0.05, 0.1) is 5.56 Å². The molecule has 54 valence electrons. The van der Waals surface area contributed by atoms with E-state index >= 15 is 0 Å². The van der Waals surface area contributed by atoms with E-state index < -0.39 is 5.97 Å². The maximum Gasteiger partial charge on any atom is 0.353 e. The SMILES string of the molecule is N#COC(=O)c1ccccc1. The molecule has 0 N–H and O–H groups in total. The number of esters is 1. The second-order valence-corrected chi connectivity index (χ2v) is 1.85. The minimum atomic E-state index is -0.618. The second kappa shape index (κ2) is 3.37. The third-order valence-electron chi connectivity index (χ3n) is 1.15. The predicted molar refractivity (Wildman–Crippen MR) is 37.5 cm³/mol. The lowest BCUT2D eigenvalue weighted by molar-refractivity contribution is 0.0685. The van der Waals surface area contributed by atoms with Crippen molar-refractivity contribution in [2.45, 2.75) is 0 Å². The molecule has 1 aromatic rings. The number of carbonyl (C=O) groups is 1. The third kappa shape index (κ3) is 1.80. The Hall–Kier alpha value is -1.82. The van der Waals surface area contributed by atoms with Crippen molar-refractivity contribution in [1.82, 2.24) is 0 Å². The molecule has 0 aliphatic heterocycles. The van der Waals surface area contributed by atoms with Gasteiger partial charge in [0.15, 0.2) is 0 Å². The highest BCUT2D eigenvalue weighted by Crippen LogP contribution is 1.99. The summed E-state index contributed by atoms with van der Waals surface area (Å²) >= 11 is 0. The molecule has 1 aromatic carbocycles. The van der Waals surface area contributed by atoms with Gasteiger partial charge in [0, 0.05) is 0 Å². The normalized spacial score (nSPS) is 8.27. The molecular formula is C8H5NO2. The fourth-order valence-corrected chi connectivity index (χ4v) is 0.675. The summed E-state index contributed by atoms with van der Waals surface area (Å²) in [6.45, 7) is 0. The summed E-state index contributed by atoms with van der Waals surface area (Å²) in [5.41, 5.74) is 0.383. The largest absolute Gasteiger partial charge is 0.353 e. The van der Waals surface area contributed by atoms with Gasteiger partial charge in [-0.05, 0) is 12.1 Å². The van der Waals surface area contributed by atoms with Crippen molar-refractivity contribution in [3.63, 3.8) is 0 Å². The van der Waals surface area contributed by atoms with Gasteiger partial charge in [-0.1, -0.05) is 18.2 Å². The van der Waals surface area contributed by atoms with Gasteiger partial charge in [0.2, 0.25) is 0 Å². The van der Waals surface area contributed by atoms with Crippen LogP contribution >= 0.6 is 0 Å². The average molecular weight is 147 g/mol. The molecule has 0 aromatic heterocycles. The number of hydrogen-bond donors (Lipinski definition) is 0. The van der Waals surface area contributed by atoms with Crippen molar-refractivity contribution in [1.29, 1.82) is 5.26 Å². The Bertz CT molecular complexity index is 287. The molecule has 0 amide bonds. The summed E-state index contributed by atoms with van der Waals surface area (Å²) < 4.78 is 4.09. The van der Waals surface area contributed by atoms with Crippen LogP contribution in [0.5, 0.6) is 0 Å². The Labute approximate surface area is 63.8 Å². The summed E-state index contributed by atoms with van der Waals surface area (Å²) in [5.74, 6) is -0.618. The lowest BCUT2D eigenvalue weighted by Gasteiger charge is -1.92. The standard InChI is InChI=1S/C8H5NO2/c9-6-11-8(10)7-4-2-1-3-5-7/h1-5H. The van der Waals surface area contributed by atoms with Gasteiger partial charge in [0.25, 0.3) is 6.26 Å². The van der Waals surface area contributed by atoms with E-state index in [1.54, 1.807) is 30.3 Å². The van der Waals surface area contributed by atoms with Crippen LogP contribution in [0.2, 0.25) is 0 Å². The Balaban J connectivity index is 2.79. The number of benzene rings is 1. The number of rotatable bonds is 1. The zero-order valence-electron chi connectivity index (χ0n) is 5.65. The van der Waals surface area contributed by atoms with Gasteiger partial charge >= 0.3 is 5.97 Å². The van der Waals surface area contributed by atoms with Gasteiger partial charge in [-0.25, -0.2) is 4.79 Å². The molecule has 0 bridgehead atoms. The summed E-state index contributed by atoms with van der Waals surface area (Å²) in [5, 5.41) is 8.00. The van der Waals surface area contributed by atoms with E-state index in [0.717, 1.165) is 0 Å². The zero-order chi connectivity index (χ0) is 8.10. The van der Waals surface area contributed by atoms with E-state index in [1.165, 1.54) is 6.26 Å². The summed E-state index contributed by atoms with van der Waals surface area (Å²) in [6.07, 6.45) is 1.32. The molecule has 0 atom stereocenters. The summed E-state index contributed by atoms with van der Waals surface area (Å²) in [7, 11) is 0. The predicted octanol–water partition coefficient (Wildman–Crippen LogP) is 1.32. The van der Waals surface area contributed by atoms with E-state index in [9.17, 15) is 4.79 Å². The molecule has 0 radical (unpaired) electrons.